The summed E-state index contributed by atoms with van der Waals surface area (Å²) < 4.78 is 5.35. The van der Waals surface area contributed by atoms with E-state index in [9.17, 15) is 19.2 Å². The number of Topliss-reactive ketones (excluding diaryl/α,β-unsaturated/α-hetero) is 1. The van der Waals surface area contributed by atoms with Gasteiger partial charge < -0.3 is 15.4 Å². The molecule has 0 bridgehead atoms. The number of amides is 3. The Bertz CT molecular complexity index is 1500. The fourth-order valence-electron chi connectivity index (χ4n) is 5.35. The Balaban J connectivity index is 1.53. The van der Waals surface area contributed by atoms with Gasteiger partial charge in [-0.3, -0.25) is 14.4 Å². The lowest BCUT2D eigenvalue weighted by Crippen LogP contribution is -2.45. The number of ketones is 1. The lowest BCUT2D eigenvalue weighted by Gasteiger charge is -2.33. The van der Waals surface area contributed by atoms with Crippen molar-refractivity contribution < 1.29 is 23.9 Å². The van der Waals surface area contributed by atoms with E-state index in [1.165, 1.54) is 11.2 Å². The summed E-state index contributed by atoms with van der Waals surface area (Å²) in [6, 6.07) is 24.4. The number of fused-ring (bicyclic) bond motifs is 1. The second kappa shape index (κ2) is 11.6. The molecule has 0 radical (unpaired) electrons. The highest BCUT2D eigenvalue weighted by Gasteiger charge is 2.55. The number of carbonyl (C=O) groups excluding carboxylic acids is 4. The van der Waals surface area contributed by atoms with Gasteiger partial charge in [0.05, 0.1) is 18.1 Å². The second-order valence-corrected chi connectivity index (χ2v) is 11.4. The third-order valence-corrected chi connectivity index (χ3v) is 7.15. The number of hydrogen-bond acceptors (Lipinski definition) is 6. The fourth-order valence-corrected chi connectivity index (χ4v) is 5.35. The molecular formula is C33H34N4O5. The van der Waals surface area contributed by atoms with Crippen LogP contribution in [-0.4, -0.2) is 51.4 Å². The van der Waals surface area contributed by atoms with Crippen molar-refractivity contribution in [3.8, 4) is 0 Å². The molecule has 42 heavy (non-hydrogen) atoms. The lowest BCUT2D eigenvalue weighted by molar-refractivity contribution is -0.134. The second-order valence-electron chi connectivity index (χ2n) is 11.4. The van der Waals surface area contributed by atoms with Crippen molar-refractivity contribution in [2.24, 2.45) is 0 Å². The van der Waals surface area contributed by atoms with E-state index in [0.29, 0.717) is 11.1 Å². The third kappa shape index (κ3) is 5.82. The van der Waals surface area contributed by atoms with Crippen LogP contribution in [-0.2, 0) is 14.3 Å². The van der Waals surface area contributed by atoms with Crippen LogP contribution in [0.25, 0.3) is 0 Å². The van der Waals surface area contributed by atoms with E-state index in [1.807, 2.05) is 71.7 Å². The molecule has 2 heterocycles. The summed E-state index contributed by atoms with van der Waals surface area (Å²) in [5.41, 5.74) is 1.64. The minimum Gasteiger partial charge on any atom is -0.444 e. The quantitative estimate of drug-likeness (QED) is 0.429. The Morgan fingerprint density at radius 3 is 1.95 bits per heavy atom. The van der Waals surface area contributed by atoms with Crippen LogP contribution in [0.1, 0.15) is 61.3 Å². The van der Waals surface area contributed by atoms with Gasteiger partial charge in [-0.15, -0.1) is 0 Å². The molecule has 9 nitrogen and oxygen atoms in total. The van der Waals surface area contributed by atoms with E-state index >= 15 is 0 Å². The smallest absolute Gasteiger partial charge is 0.408 e. The first-order chi connectivity index (χ1) is 20.0. The average molecular weight is 567 g/mol. The molecule has 2 aliphatic heterocycles. The normalized spacial score (nSPS) is 20.9. The zero-order chi connectivity index (χ0) is 30.0. The summed E-state index contributed by atoms with van der Waals surface area (Å²) >= 11 is 0. The van der Waals surface area contributed by atoms with Crippen molar-refractivity contribution in [2.45, 2.75) is 57.5 Å². The number of nitrogens with zero attached hydrogens (tertiary/aromatic N) is 2. The van der Waals surface area contributed by atoms with E-state index < -0.39 is 35.9 Å². The van der Waals surface area contributed by atoms with E-state index in [1.54, 1.807) is 52.0 Å². The van der Waals surface area contributed by atoms with Crippen molar-refractivity contribution in [3.05, 3.63) is 119 Å². The average Bonchev–Trinajstić information content (AvgIpc) is 3.47. The van der Waals surface area contributed by atoms with E-state index in [4.69, 9.17) is 4.74 Å². The molecule has 2 N–H and O–H groups in total. The molecule has 0 aromatic heterocycles. The topological polar surface area (TPSA) is 108 Å². The van der Waals surface area contributed by atoms with Crippen LogP contribution in [0.2, 0.25) is 0 Å². The van der Waals surface area contributed by atoms with Crippen LogP contribution in [0.15, 0.2) is 103 Å². The van der Waals surface area contributed by atoms with Crippen molar-refractivity contribution >= 4 is 23.7 Å². The first-order valence-electron chi connectivity index (χ1n) is 13.9. The van der Waals surface area contributed by atoms with Crippen LogP contribution in [0, 0.1) is 0 Å². The van der Waals surface area contributed by atoms with Gasteiger partial charge in [0.25, 0.3) is 11.8 Å². The molecule has 5 rings (SSSR count). The third-order valence-electron chi connectivity index (χ3n) is 7.15. The Kier molecular flexibility index (Phi) is 7.95. The minimum atomic E-state index is -0.920. The zero-order valence-corrected chi connectivity index (χ0v) is 24.0. The van der Waals surface area contributed by atoms with Gasteiger partial charge in [0, 0.05) is 17.3 Å². The molecule has 0 spiro atoms. The molecule has 3 amide bonds. The maximum atomic E-state index is 14.0. The molecule has 3 aromatic rings. The molecule has 0 unspecified atom stereocenters. The Labute approximate surface area is 245 Å². The number of alkyl carbamates (subject to hydrolysis) is 1. The number of rotatable bonds is 7. The van der Waals surface area contributed by atoms with Crippen LogP contribution in [0.5, 0.6) is 0 Å². The largest absolute Gasteiger partial charge is 0.444 e. The van der Waals surface area contributed by atoms with Crippen molar-refractivity contribution in [2.75, 3.05) is 0 Å². The zero-order valence-electron chi connectivity index (χ0n) is 24.0. The van der Waals surface area contributed by atoms with Gasteiger partial charge in [0.2, 0.25) is 0 Å². The highest BCUT2D eigenvalue weighted by atomic mass is 16.6. The predicted octanol–water partition coefficient (Wildman–Crippen LogP) is 4.71. The maximum absolute atomic E-state index is 14.0. The number of nitrogens with one attached hydrogen (secondary N) is 2. The van der Waals surface area contributed by atoms with Gasteiger partial charge in [-0.2, -0.15) is 5.01 Å². The molecular weight excluding hydrogens is 532 g/mol. The Hall–Kier alpha value is -4.76. The molecule has 0 aliphatic carbocycles. The predicted molar refractivity (Wildman–Crippen MR) is 157 cm³/mol. The molecule has 4 atom stereocenters. The number of carbonyl (C=O) groups is 4. The number of hydrazine groups is 1. The SMILES string of the molecule is C[C@H](NC(=O)OC(C)(C)C)C(=O)C1=CN2C(=O)[C@H](NC(=O)c3ccccc3)[C@@H](c3ccccc3)N2[C@H]1c1ccccc1. The van der Waals surface area contributed by atoms with Gasteiger partial charge >= 0.3 is 6.09 Å². The lowest BCUT2D eigenvalue weighted by atomic mass is 9.90. The highest BCUT2D eigenvalue weighted by molar-refractivity contribution is 6.04. The standard InChI is InChI=1S/C33H34N4O5/c1-21(34-32(41)42-33(2,3)4)29(38)25-20-36-31(40)26(35-30(39)24-18-12-7-13-19-24)28(23-16-10-6-11-17-23)37(36)27(25)22-14-8-5-9-15-22/h5-21,26-28H,1-4H3,(H,34,41)(H,35,39)/t21-,26+,27-,28+/m0/s1. The number of benzene rings is 3. The minimum absolute atomic E-state index is 0.340. The number of ether oxygens (including phenoxy) is 1. The van der Waals surface area contributed by atoms with Gasteiger partial charge in [0.1, 0.15) is 11.6 Å². The van der Waals surface area contributed by atoms with E-state index in [-0.39, 0.29) is 17.6 Å². The van der Waals surface area contributed by atoms with Gasteiger partial charge in [-0.05, 0) is 51.0 Å². The van der Waals surface area contributed by atoms with Crippen molar-refractivity contribution in [1.82, 2.24) is 20.7 Å². The molecule has 216 valence electrons. The highest BCUT2D eigenvalue weighted by Crippen LogP contribution is 2.48. The van der Waals surface area contributed by atoms with Crippen LogP contribution < -0.4 is 10.6 Å². The summed E-state index contributed by atoms with van der Waals surface area (Å²) in [5.74, 6) is -1.10. The summed E-state index contributed by atoms with van der Waals surface area (Å²) in [7, 11) is 0. The molecule has 3 aromatic carbocycles. The van der Waals surface area contributed by atoms with E-state index in [2.05, 4.69) is 10.6 Å². The molecule has 2 aliphatic rings. The summed E-state index contributed by atoms with van der Waals surface area (Å²) in [6.45, 7) is 6.82. The van der Waals surface area contributed by atoms with Crippen LogP contribution >= 0.6 is 0 Å². The van der Waals surface area contributed by atoms with Crippen molar-refractivity contribution in [1.29, 1.82) is 0 Å². The van der Waals surface area contributed by atoms with Crippen LogP contribution in [0.4, 0.5) is 4.79 Å². The van der Waals surface area contributed by atoms with Gasteiger partial charge in [0.15, 0.2) is 5.78 Å². The van der Waals surface area contributed by atoms with Crippen molar-refractivity contribution in [3.63, 3.8) is 0 Å². The van der Waals surface area contributed by atoms with Gasteiger partial charge in [-0.1, -0.05) is 78.9 Å². The van der Waals surface area contributed by atoms with Gasteiger partial charge in [-0.25, -0.2) is 9.80 Å². The summed E-state index contributed by atoms with van der Waals surface area (Å²) in [5, 5.41) is 8.85. The summed E-state index contributed by atoms with van der Waals surface area (Å²) in [4.78, 5) is 53.6. The van der Waals surface area contributed by atoms with Crippen LogP contribution in [0.3, 0.4) is 0 Å². The monoisotopic (exact) mass is 566 g/mol. The molecule has 0 saturated carbocycles. The Morgan fingerprint density at radius 1 is 0.833 bits per heavy atom. The molecule has 1 saturated heterocycles. The Morgan fingerprint density at radius 2 is 1.38 bits per heavy atom. The first kappa shape index (κ1) is 28.8. The summed E-state index contributed by atoms with van der Waals surface area (Å²) in [6.07, 6.45) is 0.821. The first-order valence-corrected chi connectivity index (χ1v) is 13.9. The molecule has 9 heteroatoms. The number of hydrogen-bond donors (Lipinski definition) is 2. The fraction of sp³-hybridized carbons (Fsp3) is 0.273. The molecule has 1 fully saturated rings. The van der Waals surface area contributed by atoms with E-state index in [0.717, 1.165) is 11.1 Å². The maximum Gasteiger partial charge on any atom is 0.408 e.